The molecule has 1 aromatic heterocycles. The Kier molecular flexibility index (Phi) is 3.70. The van der Waals surface area contributed by atoms with Crippen LogP contribution in [0.3, 0.4) is 0 Å². The van der Waals surface area contributed by atoms with Crippen molar-refractivity contribution in [1.82, 2.24) is 10.1 Å². The number of hydrogen-bond acceptors (Lipinski definition) is 4. The summed E-state index contributed by atoms with van der Waals surface area (Å²) in [5, 5.41) is 13.1. The second-order valence-electron chi connectivity index (χ2n) is 6.05. The van der Waals surface area contributed by atoms with E-state index in [0.29, 0.717) is 12.3 Å². The summed E-state index contributed by atoms with van der Waals surface area (Å²) >= 11 is 3.53. The van der Waals surface area contributed by atoms with Crippen molar-refractivity contribution in [2.45, 2.75) is 24.7 Å². The van der Waals surface area contributed by atoms with Crippen molar-refractivity contribution in [1.29, 1.82) is 5.26 Å². The molecule has 1 saturated carbocycles. The van der Waals surface area contributed by atoms with Gasteiger partial charge in [-0.15, -0.1) is 0 Å². The van der Waals surface area contributed by atoms with Crippen molar-refractivity contribution < 1.29 is 4.52 Å². The number of benzene rings is 2. The number of aromatic nitrogens is 2. The van der Waals surface area contributed by atoms with E-state index in [2.05, 4.69) is 44.3 Å². The molecular weight excluding hydrogens is 366 g/mol. The van der Waals surface area contributed by atoms with Gasteiger partial charge in [-0.3, -0.25) is 0 Å². The predicted octanol–water partition coefficient (Wildman–Crippen LogP) is 4.65. The van der Waals surface area contributed by atoms with E-state index in [4.69, 9.17) is 9.78 Å². The summed E-state index contributed by atoms with van der Waals surface area (Å²) in [6.07, 6.45) is 2.42. The fourth-order valence-corrected chi connectivity index (χ4v) is 3.39. The third-order valence-corrected chi connectivity index (χ3v) is 4.93. The van der Waals surface area contributed by atoms with Gasteiger partial charge in [0.1, 0.15) is 0 Å². The van der Waals surface area contributed by atoms with Gasteiger partial charge in [-0.05, 0) is 48.2 Å². The van der Waals surface area contributed by atoms with Crippen LogP contribution in [0.1, 0.15) is 29.8 Å². The maximum absolute atomic E-state index is 8.84. The van der Waals surface area contributed by atoms with Crippen molar-refractivity contribution in [2.75, 3.05) is 0 Å². The Labute approximate surface area is 148 Å². The molecule has 1 fully saturated rings. The molecule has 4 rings (SSSR count). The highest BCUT2D eigenvalue weighted by Crippen LogP contribution is 2.52. The zero-order chi connectivity index (χ0) is 16.6. The van der Waals surface area contributed by atoms with Crippen LogP contribution in [0.25, 0.3) is 11.5 Å². The summed E-state index contributed by atoms with van der Waals surface area (Å²) in [7, 11) is 0. The first-order chi connectivity index (χ1) is 11.7. The second-order valence-corrected chi connectivity index (χ2v) is 6.97. The molecule has 0 saturated heterocycles. The minimum absolute atomic E-state index is 0.129. The molecule has 1 aliphatic carbocycles. The van der Waals surface area contributed by atoms with E-state index >= 15 is 0 Å². The first-order valence-electron chi connectivity index (χ1n) is 7.78. The van der Waals surface area contributed by atoms with E-state index in [1.165, 1.54) is 5.56 Å². The van der Waals surface area contributed by atoms with Crippen LogP contribution in [0.5, 0.6) is 0 Å². The van der Waals surface area contributed by atoms with E-state index in [1.807, 2.05) is 36.4 Å². The van der Waals surface area contributed by atoms with Gasteiger partial charge in [0.2, 0.25) is 0 Å². The molecule has 0 bridgehead atoms. The molecule has 0 aliphatic heterocycles. The molecule has 4 nitrogen and oxygen atoms in total. The molecule has 0 spiro atoms. The molecule has 1 aliphatic rings. The first-order valence-corrected chi connectivity index (χ1v) is 8.57. The molecule has 3 aromatic rings. The average Bonchev–Trinajstić information content (AvgIpc) is 3.25. The Hall–Kier alpha value is -2.45. The van der Waals surface area contributed by atoms with Crippen LogP contribution < -0.4 is 0 Å². The minimum Gasteiger partial charge on any atom is -0.334 e. The highest BCUT2D eigenvalue weighted by Gasteiger charge is 2.50. The molecular formula is C19H14BrN3O. The van der Waals surface area contributed by atoms with E-state index in [0.717, 1.165) is 34.3 Å². The monoisotopic (exact) mass is 379 g/mol. The van der Waals surface area contributed by atoms with Crippen molar-refractivity contribution in [3.8, 4) is 17.5 Å². The zero-order valence-corrected chi connectivity index (χ0v) is 14.5. The van der Waals surface area contributed by atoms with Crippen molar-refractivity contribution >= 4 is 15.9 Å². The molecule has 2 aromatic carbocycles. The normalized spacial score (nSPS) is 15.0. The van der Waals surface area contributed by atoms with Gasteiger partial charge < -0.3 is 4.52 Å². The van der Waals surface area contributed by atoms with Crippen molar-refractivity contribution in [3.63, 3.8) is 0 Å². The Bertz CT molecular complexity index is 938. The van der Waals surface area contributed by atoms with Gasteiger partial charge in [0.25, 0.3) is 5.89 Å². The molecule has 0 amide bonds. The number of hydrogen-bond donors (Lipinski definition) is 0. The Morgan fingerprint density at radius 2 is 2.00 bits per heavy atom. The van der Waals surface area contributed by atoms with Crippen LogP contribution in [0.15, 0.2) is 57.5 Å². The Morgan fingerprint density at radius 1 is 1.17 bits per heavy atom. The summed E-state index contributed by atoms with van der Waals surface area (Å²) in [6, 6.07) is 18.1. The average molecular weight is 380 g/mol. The Morgan fingerprint density at radius 3 is 2.75 bits per heavy atom. The van der Waals surface area contributed by atoms with Crippen molar-refractivity contribution in [3.05, 3.63) is 70.0 Å². The van der Waals surface area contributed by atoms with E-state index in [9.17, 15) is 0 Å². The second kappa shape index (κ2) is 5.88. The first kappa shape index (κ1) is 15.1. The van der Waals surface area contributed by atoms with Crippen LogP contribution in [0, 0.1) is 11.3 Å². The fourth-order valence-electron chi connectivity index (χ4n) is 2.99. The predicted molar refractivity (Wildman–Crippen MR) is 93.2 cm³/mol. The van der Waals surface area contributed by atoms with Crippen LogP contribution in [0.4, 0.5) is 0 Å². The van der Waals surface area contributed by atoms with Gasteiger partial charge in [0, 0.05) is 10.0 Å². The van der Waals surface area contributed by atoms with Crippen LogP contribution in [-0.2, 0) is 11.8 Å². The SMILES string of the molecule is N#CCc1cccc(-c2nc(C3(c4cccc(Br)c4)CC3)no2)c1. The minimum atomic E-state index is -0.129. The lowest BCUT2D eigenvalue weighted by atomic mass is 9.95. The Balaban J connectivity index is 1.68. The summed E-state index contributed by atoms with van der Waals surface area (Å²) < 4.78 is 6.56. The fraction of sp³-hybridized carbons (Fsp3) is 0.211. The molecule has 0 radical (unpaired) electrons. The van der Waals surface area contributed by atoms with Gasteiger partial charge >= 0.3 is 0 Å². The molecule has 0 N–H and O–H groups in total. The zero-order valence-electron chi connectivity index (χ0n) is 12.9. The van der Waals surface area contributed by atoms with Gasteiger partial charge in [-0.2, -0.15) is 10.2 Å². The third-order valence-electron chi connectivity index (χ3n) is 4.44. The number of nitrogens with zero attached hydrogens (tertiary/aromatic N) is 3. The molecule has 0 unspecified atom stereocenters. The molecule has 24 heavy (non-hydrogen) atoms. The van der Waals surface area contributed by atoms with Crippen molar-refractivity contribution in [2.24, 2.45) is 0 Å². The van der Waals surface area contributed by atoms with Crippen LogP contribution in [-0.4, -0.2) is 10.1 Å². The highest BCUT2D eigenvalue weighted by atomic mass is 79.9. The van der Waals surface area contributed by atoms with E-state index in [1.54, 1.807) is 0 Å². The largest absolute Gasteiger partial charge is 0.334 e. The smallest absolute Gasteiger partial charge is 0.257 e. The van der Waals surface area contributed by atoms with Crippen LogP contribution >= 0.6 is 15.9 Å². The third kappa shape index (κ3) is 2.63. The van der Waals surface area contributed by atoms with E-state index in [-0.39, 0.29) is 5.41 Å². The van der Waals surface area contributed by atoms with Gasteiger partial charge in [0.05, 0.1) is 17.9 Å². The summed E-state index contributed by atoms with van der Waals surface area (Å²) in [5.41, 5.74) is 2.88. The number of halogens is 1. The summed E-state index contributed by atoms with van der Waals surface area (Å²) in [5.74, 6) is 1.24. The quantitative estimate of drug-likeness (QED) is 0.661. The van der Waals surface area contributed by atoms with E-state index < -0.39 is 0 Å². The molecule has 1 heterocycles. The van der Waals surface area contributed by atoms with Gasteiger partial charge in [-0.25, -0.2) is 0 Å². The standard InChI is InChI=1S/C19H14BrN3O/c20-16-6-2-5-15(12-16)19(8-9-19)18-22-17(24-23-18)14-4-1-3-13(11-14)7-10-21/h1-6,11-12H,7-9H2. The molecule has 118 valence electrons. The lowest BCUT2D eigenvalue weighted by Gasteiger charge is -2.11. The maximum atomic E-state index is 8.84. The highest BCUT2D eigenvalue weighted by molar-refractivity contribution is 9.10. The number of nitriles is 1. The lowest BCUT2D eigenvalue weighted by molar-refractivity contribution is 0.418. The van der Waals surface area contributed by atoms with Gasteiger partial charge in [-0.1, -0.05) is 45.4 Å². The number of rotatable bonds is 4. The topological polar surface area (TPSA) is 62.7 Å². The molecule has 5 heteroatoms. The lowest BCUT2D eigenvalue weighted by Crippen LogP contribution is -2.10. The summed E-state index contributed by atoms with van der Waals surface area (Å²) in [4.78, 5) is 4.65. The maximum Gasteiger partial charge on any atom is 0.257 e. The molecule has 0 atom stereocenters. The van der Waals surface area contributed by atoms with Crippen LogP contribution in [0.2, 0.25) is 0 Å². The van der Waals surface area contributed by atoms with Gasteiger partial charge in [0.15, 0.2) is 5.82 Å². The summed E-state index contributed by atoms with van der Waals surface area (Å²) in [6.45, 7) is 0.